The predicted octanol–water partition coefficient (Wildman–Crippen LogP) is 7.02. The Kier molecular flexibility index (Phi) is 7.49. The largest absolute Gasteiger partial charge is 0.329 e. The van der Waals surface area contributed by atoms with Crippen LogP contribution in [0.2, 0.25) is 0 Å². The maximum atomic E-state index is 5.76. The highest BCUT2D eigenvalue weighted by Gasteiger charge is 2.60. The van der Waals surface area contributed by atoms with Crippen molar-refractivity contribution >= 4 is 0 Å². The van der Waals surface area contributed by atoms with Gasteiger partial charge in [0, 0.05) is 19.1 Å². The van der Waals surface area contributed by atoms with E-state index in [0.717, 1.165) is 60.6 Å². The van der Waals surface area contributed by atoms with Crippen LogP contribution in [0.4, 0.5) is 0 Å². The van der Waals surface area contributed by atoms with Gasteiger partial charge in [-0.25, -0.2) is 0 Å². The standard InChI is InChI=1S/C29H54N2/c1-20(2)7-6-8-21(3)25-11-12-26-24-10-9-22-19-23(31-18-17-30)13-15-28(22,4)27(24)14-16-29(25,26)5/h20-27,31H,6-19,30H2,1-5H3/t21-,22?,23+,24?,25?,26?,27?,28+,29-/m1/s1. The van der Waals surface area contributed by atoms with E-state index in [4.69, 9.17) is 5.73 Å². The van der Waals surface area contributed by atoms with Gasteiger partial charge in [0.1, 0.15) is 0 Å². The molecule has 2 nitrogen and oxygen atoms in total. The van der Waals surface area contributed by atoms with Gasteiger partial charge in [0.2, 0.25) is 0 Å². The molecule has 0 aromatic carbocycles. The van der Waals surface area contributed by atoms with Crippen molar-refractivity contribution in [2.75, 3.05) is 13.1 Å². The number of nitrogens with two attached hydrogens (primary N) is 1. The second-order valence-corrected chi connectivity index (χ2v) is 13.4. The Morgan fingerprint density at radius 3 is 2.35 bits per heavy atom. The topological polar surface area (TPSA) is 38.0 Å². The molecule has 4 aliphatic carbocycles. The molecule has 31 heavy (non-hydrogen) atoms. The van der Waals surface area contributed by atoms with Gasteiger partial charge in [-0.15, -0.1) is 0 Å². The van der Waals surface area contributed by atoms with Crippen LogP contribution in [0.3, 0.4) is 0 Å². The lowest BCUT2D eigenvalue weighted by atomic mass is 9.44. The molecule has 4 saturated carbocycles. The maximum absolute atomic E-state index is 5.76. The van der Waals surface area contributed by atoms with E-state index in [0.29, 0.717) is 10.8 Å². The zero-order valence-corrected chi connectivity index (χ0v) is 21.6. The number of rotatable bonds is 8. The van der Waals surface area contributed by atoms with Crippen LogP contribution in [0, 0.1) is 52.3 Å². The molecule has 0 saturated heterocycles. The molecule has 4 aliphatic rings. The van der Waals surface area contributed by atoms with Crippen LogP contribution >= 0.6 is 0 Å². The smallest absolute Gasteiger partial charge is 0.00770 e. The highest BCUT2D eigenvalue weighted by Crippen LogP contribution is 2.68. The summed E-state index contributed by atoms with van der Waals surface area (Å²) in [5, 5.41) is 3.75. The number of hydrogen-bond acceptors (Lipinski definition) is 2. The first-order chi connectivity index (χ1) is 14.8. The van der Waals surface area contributed by atoms with Crippen LogP contribution in [0.25, 0.3) is 0 Å². The summed E-state index contributed by atoms with van der Waals surface area (Å²) in [5.41, 5.74) is 7.02. The second-order valence-electron chi connectivity index (χ2n) is 13.4. The normalized spacial score (nSPS) is 45.8. The molecule has 0 heterocycles. The molecule has 0 aromatic heterocycles. The van der Waals surface area contributed by atoms with E-state index in [1.54, 1.807) is 0 Å². The fraction of sp³-hybridized carbons (Fsp3) is 1.00. The number of fused-ring (bicyclic) bond motifs is 5. The van der Waals surface area contributed by atoms with Crippen molar-refractivity contribution in [3.05, 3.63) is 0 Å². The van der Waals surface area contributed by atoms with Gasteiger partial charge in [-0.1, -0.05) is 53.9 Å². The summed E-state index contributed by atoms with van der Waals surface area (Å²) in [4.78, 5) is 0. The van der Waals surface area contributed by atoms with Crippen LogP contribution in [-0.2, 0) is 0 Å². The van der Waals surface area contributed by atoms with Crippen LogP contribution in [0.15, 0.2) is 0 Å². The fourth-order valence-corrected chi connectivity index (χ4v) is 9.76. The summed E-state index contributed by atoms with van der Waals surface area (Å²) in [7, 11) is 0. The predicted molar refractivity (Wildman–Crippen MR) is 134 cm³/mol. The molecule has 0 amide bonds. The van der Waals surface area contributed by atoms with Crippen LogP contribution in [0.1, 0.15) is 112 Å². The molecule has 5 unspecified atom stereocenters. The third kappa shape index (κ3) is 4.51. The lowest BCUT2D eigenvalue weighted by Crippen LogP contribution is -2.55. The molecule has 4 rings (SSSR count). The van der Waals surface area contributed by atoms with Crippen LogP contribution in [0.5, 0.6) is 0 Å². The molecule has 0 bridgehead atoms. The lowest BCUT2D eigenvalue weighted by molar-refractivity contribution is -0.117. The van der Waals surface area contributed by atoms with Gasteiger partial charge in [-0.05, 0) is 110 Å². The minimum Gasteiger partial charge on any atom is -0.329 e. The van der Waals surface area contributed by atoms with E-state index >= 15 is 0 Å². The van der Waals surface area contributed by atoms with Crippen LogP contribution in [-0.4, -0.2) is 19.1 Å². The molecule has 4 fully saturated rings. The van der Waals surface area contributed by atoms with Crippen LogP contribution < -0.4 is 11.1 Å². The van der Waals surface area contributed by atoms with Crippen molar-refractivity contribution < 1.29 is 0 Å². The van der Waals surface area contributed by atoms with Gasteiger partial charge in [-0.2, -0.15) is 0 Å². The Hall–Kier alpha value is -0.0800. The summed E-state index contributed by atoms with van der Waals surface area (Å²) in [6.45, 7) is 14.6. The van der Waals surface area contributed by atoms with Gasteiger partial charge in [0.15, 0.2) is 0 Å². The van der Waals surface area contributed by atoms with Gasteiger partial charge >= 0.3 is 0 Å². The average Bonchev–Trinajstić information content (AvgIpc) is 3.09. The average molecular weight is 431 g/mol. The molecule has 3 N–H and O–H groups in total. The van der Waals surface area contributed by atoms with Crippen molar-refractivity contribution in [1.29, 1.82) is 0 Å². The lowest BCUT2D eigenvalue weighted by Gasteiger charge is -2.61. The quantitative estimate of drug-likeness (QED) is 0.434. The molecular weight excluding hydrogens is 376 g/mol. The highest BCUT2D eigenvalue weighted by molar-refractivity contribution is 5.10. The zero-order valence-electron chi connectivity index (χ0n) is 21.6. The number of hydrogen-bond donors (Lipinski definition) is 2. The van der Waals surface area contributed by atoms with Gasteiger partial charge in [-0.3, -0.25) is 0 Å². The molecule has 180 valence electrons. The Bertz CT molecular complexity index is 587. The first-order valence-corrected chi connectivity index (χ1v) is 14.2. The Balaban J connectivity index is 1.41. The first kappa shape index (κ1) is 24.1. The van der Waals surface area contributed by atoms with Crippen molar-refractivity contribution in [3.8, 4) is 0 Å². The number of nitrogens with one attached hydrogen (secondary N) is 1. The molecular formula is C29H54N2. The SMILES string of the molecule is CC(C)CCC[C@@H](C)C1CCC2C3CCC4C[C@@H](NCCN)CC[C@]4(C)C3CC[C@@]21C. The second kappa shape index (κ2) is 9.65. The molecule has 0 spiro atoms. The Labute approximate surface area is 194 Å². The van der Waals surface area contributed by atoms with Gasteiger partial charge in [0.25, 0.3) is 0 Å². The third-order valence-corrected chi connectivity index (χ3v) is 11.4. The van der Waals surface area contributed by atoms with Gasteiger partial charge in [0.05, 0.1) is 0 Å². The monoisotopic (exact) mass is 430 g/mol. The van der Waals surface area contributed by atoms with E-state index in [1.807, 2.05) is 0 Å². The van der Waals surface area contributed by atoms with Crippen molar-refractivity contribution in [3.63, 3.8) is 0 Å². The summed E-state index contributed by atoms with van der Waals surface area (Å²) >= 11 is 0. The summed E-state index contributed by atoms with van der Waals surface area (Å²) in [6, 6.07) is 0.731. The summed E-state index contributed by atoms with van der Waals surface area (Å²) < 4.78 is 0. The van der Waals surface area contributed by atoms with E-state index in [2.05, 4.69) is 39.9 Å². The highest BCUT2D eigenvalue weighted by atomic mass is 14.9. The minimum absolute atomic E-state index is 0.617. The minimum atomic E-state index is 0.617. The first-order valence-electron chi connectivity index (χ1n) is 14.2. The molecule has 0 aromatic rings. The summed E-state index contributed by atoms with van der Waals surface area (Å²) in [5.74, 6) is 6.81. The molecule has 2 heteroatoms. The third-order valence-electron chi connectivity index (χ3n) is 11.4. The Morgan fingerprint density at radius 1 is 0.871 bits per heavy atom. The van der Waals surface area contributed by atoms with E-state index < -0.39 is 0 Å². The van der Waals surface area contributed by atoms with E-state index in [-0.39, 0.29) is 0 Å². The molecule has 9 atom stereocenters. The summed E-state index contributed by atoms with van der Waals surface area (Å²) in [6.07, 6.45) is 17.7. The molecule has 0 radical (unpaired) electrons. The van der Waals surface area contributed by atoms with E-state index in [1.165, 1.54) is 77.0 Å². The maximum Gasteiger partial charge on any atom is 0.00770 e. The fourth-order valence-electron chi connectivity index (χ4n) is 9.76. The molecule has 0 aliphatic heterocycles. The zero-order chi connectivity index (χ0) is 22.2. The van der Waals surface area contributed by atoms with Gasteiger partial charge < -0.3 is 11.1 Å². The van der Waals surface area contributed by atoms with Crippen molar-refractivity contribution in [2.45, 2.75) is 118 Å². The van der Waals surface area contributed by atoms with Crippen molar-refractivity contribution in [2.24, 2.45) is 58.0 Å². The van der Waals surface area contributed by atoms with Crippen molar-refractivity contribution in [1.82, 2.24) is 5.32 Å². The Morgan fingerprint density at radius 2 is 1.61 bits per heavy atom. The van der Waals surface area contributed by atoms with E-state index in [9.17, 15) is 0 Å².